The highest BCUT2D eigenvalue weighted by Crippen LogP contribution is 2.28. The minimum Gasteiger partial charge on any atom is -0.466 e. The van der Waals surface area contributed by atoms with Gasteiger partial charge in [0.1, 0.15) is 6.10 Å². The molecule has 2 saturated heterocycles. The van der Waals surface area contributed by atoms with Crippen LogP contribution in [0.1, 0.15) is 30.1 Å². The van der Waals surface area contributed by atoms with Crippen molar-refractivity contribution in [1.29, 1.82) is 0 Å². The van der Waals surface area contributed by atoms with Gasteiger partial charge < -0.3 is 19.7 Å². The van der Waals surface area contributed by atoms with E-state index in [4.69, 9.17) is 9.47 Å². The molecule has 39 heavy (non-hydrogen) atoms. The fourth-order valence-electron chi connectivity index (χ4n) is 4.76. The van der Waals surface area contributed by atoms with Crippen molar-refractivity contribution in [3.63, 3.8) is 0 Å². The van der Waals surface area contributed by atoms with Crippen LogP contribution >= 0.6 is 0 Å². The number of ether oxygens (including phenoxy) is 2. The molecule has 1 aromatic heterocycles. The van der Waals surface area contributed by atoms with E-state index in [-0.39, 0.29) is 30.2 Å². The van der Waals surface area contributed by atoms with Gasteiger partial charge in [-0.05, 0) is 56.2 Å². The molecule has 3 aromatic rings. The quantitative estimate of drug-likeness (QED) is 0.415. The number of aromatic amines is 1. The lowest BCUT2D eigenvalue weighted by Crippen LogP contribution is -2.37. The van der Waals surface area contributed by atoms with Crippen LogP contribution in [0.3, 0.4) is 0 Å². The Morgan fingerprint density at radius 1 is 1.05 bits per heavy atom. The normalized spacial score (nSPS) is 17.7. The number of amides is 2. The van der Waals surface area contributed by atoms with E-state index in [9.17, 15) is 19.2 Å². The van der Waals surface area contributed by atoms with Gasteiger partial charge in [-0.1, -0.05) is 17.3 Å². The molecule has 0 unspecified atom stereocenters. The molecule has 204 valence electrons. The first kappa shape index (κ1) is 26.0. The van der Waals surface area contributed by atoms with E-state index in [1.165, 1.54) is 0 Å². The lowest BCUT2D eigenvalue weighted by molar-refractivity contribution is -0.148. The predicted molar refractivity (Wildman–Crippen MR) is 141 cm³/mol. The van der Waals surface area contributed by atoms with Crippen LogP contribution < -0.4 is 20.9 Å². The molecule has 0 spiro atoms. The Hall–Kier alpha value is -4.61. The van der Waals surface area contributed by atoms with E-state index in [1.54, 1.807) is 29.2 Å². The van der Waals surface area contributed by atoms with E-state index in [1.807, 2.05) is 31.2 Å². The Balaban J connectivity index is 1.11. The van der Waals surface area contributed by atoms with Crippen LogP contribution in [-0.4, -0.2) is 67.0 Å². The second kappa shape index (κ2) is 11.4. The number of piperidine rings is 1. The van der Waals surface area contributed by atoms with Gasteiger partial charge in [0.2, 0.25) is 0 Å². The summed E-state index contributed by atoms with van der Waals surface area (Å²) in [6.45, 7) is 4.21. The summed E-state index contributed by atoms with van der Waals surface area (Å²) in [5.74, 6) is -0.874. The summed E-state index contributed by atoms with van der Waals surface area (Å²) >= 11 is 0. The molecule has 0 aliphatic carbocycles. The number of nitrogens with one attached hydrogen (secondary N) is 2. The molecule has 2 aromatic carbocycles. The van der Waals surface area contributed by atoms with Gasteiger partial charge in [-0.3, -0.25) is 24.0 Å². The molecule has 5 rings (SSSR count). The number of nitrogens with zero attached hydrogens (tertiary/aromatic N) is 3. The van der Waals surface area contributed by atoms with E-state index < -0.39 is 18.0 Å². The van der Waals surface area contributed by atoms with Gasteiger partial charge >= 0.3 is 17.8 Å². The maximum atomic E-state index is 12.6. The monoisotopic (exact) mass is 535 g/mol. The molecule has 2 aliphatic rings. The van der Waals surface area contributed by atoms with Crippen LogP contribution in [0.15, 0.2) is 57.8 Å². The van der Waals surface area contributed by atoms with Crippen LogP contribution in [0.5, 0.6) is 0 Å². The maximum absolute atomic E-state index is 12.6. The third-order valence-electron chi connectivity index (χ3n) is 6.87. The van der Waals surface area contributed by atoms with Crippen molar-refractivity contribution >= 4 is 29.3 Å². The van der Waals surface area contributed by atoms with Gasteiger partial charge in [-0.15, -0.1) is 0 Å². The number of esters is 1. The second-order valence-electron chi connectivity index (χ2n) is 9.38. The van der Waals surface area contributed by atoms with E-state index in [2.05, 4.69) is 24.9 Å². The number of benzene rings is 2. The summed E-state index contributed by atoms with van der Waals surface area (Å²) in [5.41, 5.74) is 2.75. The van der Waals surface area contributed by atoms with Crippen LogP contribution in [0.2, 0.25) is 0 Å². The van der Waals surface area contributed by atoms with Gasteiger partial charge in [0.05, 0.1) is 25.6 Å². The smallest absolute Gasteiger partial charge is 0.439 e. The van der Waals surface area contributed by atoms with Crippen LogP contribution in [0, 0.1) is 5.92 Å². The molecule has 2 amide bonds. The number of hydrogen-bond acceptors (Lipinski definition) is 9. The molecule has 3 heterocycles. The highest BCUT2D eigenvalue weighted by molar-refractivity contribution is 5.95. The fourth-order valence-corrected chi connectivity index (χ4v) is 4.76. The van der Waals surface area contributed by atoms with Crippen molar-refractivity contribution in [3.8, 4) is 11.4 Å². The zero-order chi connectivity index (χ0) is 27.4. The first-order chi connectivity index (χ1) is 18.9. The fraction of sp³-hybridized carbons (Fsp3) is 0.370. The first-order valence-corrected chi connectivity index (χ1v) is 12.9. The predicted octanol–water partition coefficient (Wildman–Crippen LogP) is 2.56. The summed E-state index contributed by atoms with van der Waals surface area (Å²) in [6, 6.07) is 14.2. The Labute approximate surface area is 223 Å². The second-order valence-corrected chi connectivity index (χ2v) is 9.38. The van der Waals surface area contributed by atoms with Crippen molar-refractivity contribution < 1.29 is 28.4 Å². The molecule has 0 radical (unpaired) electrons. The van der Waals surface area contributed by atoms with Crippen LogP contribution in [0.4, 0.5) is 16.2 Å². The van der Waals surface area contributed by atoms with Crippen LogP contribution in [-0.2, 0) is 14.3 Å². The van der Waals surface area contributed by atoms with E-state index >= 15 is 0 Å². The maximum Gasteiger partial charge on any atom is 0.439 e. The SMILES string of the molecule is CCOC(=O)C1CCN(c2ccc(N3C[C@@H](CNC(=O)c4ccc(-c5noc(=O)[nH]5)cc4)OC3=O)cc2)CC1. The number of H-pyrrole nitrogens is 1. The summed E-state index contributed by atoms with van der Waals surface area (Å²) in [7, 11) is 0. The van der Waals surface area contributed by atoms with Gasteiger partial charge in [0.25, 0.3) is 5.91 Å². The Morgan fingerprint density at radius 3 is 2.38 bits per heavy atom. The Morgan fingerprint density at radius 2 is 1.74 bits per heavy atom. The number of anilines is 2. The topological polar surface area (TPSA) is 147 Å². The first-order valence-electron chi connectivity index (χ1n) is 12.9. The standard InChI is InChI=1S/C27H29N5O7/c1-2-37-25(34)19-11-13-31(14-12-19)20-7-9-21(10-8-20)32-16-22(38-27(32)36)15-28-24(33)18-5-3-17(4-6-18)23-29-26(35)39-30-23/h3-10,19,22H,2,11-16H2,1H3,(H,28,33)(H,29,30,35)/t22-/m1/s1. The third-order valence-corrected chi connectivity index (χ3v) is 6.87. The van der Waals surface area contributed by atoms with Crippen molar-refractivity contribution in [2.45, 2.75) is 25.9 Å². The molecule has 2 fully saturated rings. The average molecular weight is 536 g/mol. The minimum atomic E-state index is -0.657. The largest absolute Gasteiger partial charge is 0.466 e. The van der Waals surface area contributed by atoms with Gasteiger partial charge in [-0.2, -0.15) is 0 Å². The molecule has 2 aliphatic heterocycles. The van der Waals surface area contributed by atoms with Crippen LogP contribution in [0.25, 0.3) is 11.4 Å². The number of cyclic esters (lactones) is 1. The molecule has 2 N–H and O–H groups in total. The molecule has 12 nitrogen and oxygen atoms in total. The summed E-state index contributed by atoms with van der Waals surface area (Å²) in [4.78, 5) is 54.4. The molecule has 12 heteroatoms. The average Bonchev–Trinajstić information content (AvgIpc) is 3.57. The molecule has 0 bridgehead atoms. The van der Waals surface area contributed by atoms with Gasteiger partial charge in [0, 0.05) is 35.6 Å². The number of carbonyl (C=O) groups excluding carboxylic acids is 3. The molecular formula is C27H29N5O7. The minimum absolute atomic E-state index is 0.0529. The van der Waals surface area contributed by atoms with Crippen molar-refractivity contribution in [2.75, 3.05) is 42.6 Å². The van der Waals surface area contributed by atoms with Crippen molar-refractivity contribution in [2.24, 2.45) is 5.92 Å². The number of rotatable bonds is 8. The van der Waals surface area contributed by atoms with Crippen molar-refractivity contribution in [3.05, 3.63) is 64.6 Å². The zero-order valence-corrected chi connectivity index (χ0v) is 21.4. The zero-order valence-electron chi connectivity index (χ0n) is 21.4. The Bertz CT molecular complexity index is 1370. The summed E-state index contributed by atoms with van der Waals surface area (Å²) < 4.78 is 15.1. The van der Waals surface area contributed by atoms with E-state index in [0.717, 1.165) is 31.6 Å². The number of hydrogen-bond donors (Lipinski definition) is 2. The van der Waals surface area contributed by atoms with Gasteiger partial charge in [-0.25, -0.2) is 9.59 Å². The molecule has 0 saturated carbocycles. The molecule has 1 atom stereocenters. The summed E-state index contributed by atoms with van der Waals surface area (Å²) in [5, 5.41) is 6.41. The van der Waals surface area contributed by atoms with E-state index in [0.29, 0.717) is 30.0 Å². The lowest BCUT2D eigenvalue weighted by atomic mass is 9.96. The number of carbonyl (C=O) groups is 3. The Kier molecular flexibility index (Phi) is 7.62. The lowest BCUT2D eigenvalue weighted by Gasteiger charge is -2.32. The van der Waals surface area contributed by atoms with Crippen molar-refractivity contribution in [1.82, 2.24) is 15.5 Å². The highest BCUT2D eigenvalue weighted by atomic mass is 16.6. The summed E-state index contributed by atoms with van der Waals surface area (Å²) in [6.07, 6.45) is 0.531. The van der Waals surface area contributed by atoms with Gasteiger partial charge in [0.15, 0.2) is 5.82 Å². The molecular weight excluding hydrogens is 506 g/mol. The highest BCUT2D eigenvalue weighted by Gasteiger charge is 2.33. The number of aromatic nitrogens is 2. The third kappa shape index (κ3) is 5.95.